The smallest absolute Gasteiger partial charge is 0.235 e. The third-order valence-corrected chi connectivity index (χ3v) is 1.93. The summed E-state index contributed by atoms with van der Waals surface area (Å²) >= 11 is 0. The summed E-state index contributed by atoms with van der Waals surface area (Å²) in [5.41, 5.74) is 0. The van der Waals surface area contributed by atoms with Crippen LogP contribution in [0.4, 0.5) is 0 Å². The van der Waals surface area contributed by atoms with Crippen LogP contribution in [0.25, 0.3) is 0 Å². The van der Waals surface area contributed by atoms with E-state index in [-0.39, 0.29) is 6.54 Å². The molecule has 1 amide bonds. The molecule has 13 heavy (non-hydrogen) atoms. The number of carbonyl (C=O) groups excluding carboxylic acids is 1. The zero-order valence-electron chi connectivity index (χ0n) is 7.23. The Kier molecular flexibility index (Phi) is 4.89. The maximum Gasteiger partial charge on any atom is 0.235 e. The van der Waals surface area contributed by atoms with Crippen molar-refractivity contribution >= 4 is 15.7 Å². The van der Waals surface area contributed by atoms with E-state index in [1.54, 1.807) is 0 Å². The first-order valence-corrected chi connectivity index (χ1v) is 5.64. The lowest BCUT2D eigenvalue weighted by Crippen LogP contribution is -2.37. The van der Waals surface area contributed by atoms with Gasteiger partial charge in [-0.3, -0.25) is 4.79 Å². The van der Waals surface area contributed by atoms with Gasteiger partial charge in [-0.25, -0.2) is 8.42 Å². The number of amides is 1. The molecule has 0 rings (SSSR count). The number of aliphatic hydroxyl groups excluding tert-OH is 2. The fraction of sp³-hybridized carbons (Fsp3) is 0.833. The molecule has 0 aliphatic heterocycles. The Morgan fingerprint density at radius 1 is 1.54 bits per heavy atom. The van der Waals surface area contributed by atoms with Gasteiger partial charge in [0, 0.05) is 12.8 Å². The molecule has 0 aliphatic carbocycles. The van der Waals surface area contributed by atoms with Gasteiger partial charge in [0.25, 0.3) is 0 Å². The molecule has 7 heteroatoms. The highest BCUT2D eigenvalue weighted by atomic mass is 32.2. The Labute approximate surface area is 76.5 Å². The molecule has 0 saturated carbocycles. The third-order valence-electron chi connectivity index (χ3n) is 1.14. The normalized spacial score (nSPS) is 13.8. The van der Waals surface area contributed by atoms with Crippen LogP contribution in [0.15, 0.2) is 0 Å². The number of hydrogen-bond donors (Lipinski definition) is 3. The Hall–Kier alpha value is -0.660. The van der Waals surface area contributed by atoms with Gasteiger partial charge in [-0.15, -0.1) is 0 Å². The number of nitrogens with one attached hydrogen (secondary N) is 1. The first-order chi connectivity index (χ1) is 5.85. The van der Waals surface area contributed by atoms with Gasteiger partial charge in [0.15, 0.2) is 9.84 Å². The Morgan fingerprint density at radius 3 is 2.46 bits per heavy atom. The molecular weight excluding hydrogens is 198 g/mol. The summed E-state index contributed by atoms with van der Waals surface area (Å²) in [7, 11) is -3.33. The van der Waals surface area contributed by atoms with Crippen molar-refractivity contribution in [3.05, 3.63) is 0 Å². The van der Waals surface area contributed by atoms with E-state index in [0.717, 1.165) is 6.26 Å². The van der Waals surface area contributed by atoms with Crippen LogP contribution < -0.4 is 5.32 Å². The van der Waals surface area contributed by atoms with Gasteiger partial charge in [0.05, 0.1) is 12.7 Å². The maximum absolute atomic E-state index is 10.8. The van der Waals surface area contributed by atoms with Crippen molar-refractivity contribution in [2.75, 3.05) is 25.2 Å². The van der Waals surface area contributed by atoms with Gasteiger partial charge in [0.1, 0.15) is 5.75 Å². The molecule has 1 atom stereocenters. The zero-order valence-corrected chi connectivity index (χ0v) is 8.04. The molecule has 0 fully saturated rings. The largest absolute Gasteiger partial charge is 0.394 e. The van der Waals surface area contributed by atoms with Crippen LogP contribution in [0.1, 0.15) is 0 Å². The predicted octanol–water partition coefficient (Wildman–Crippen LogP) is -2.50. The molecular formula is C6H13NO5S. The summed E-state index contributed by atoms with van der Waals surface area (Å²) in [5, 5.41) is 19.3. The Morgan fingerprint density at radius 2 is 2.08 bits per heavy atom. The van der Waals surface area contributed by atoms with Crippen LogP contribution in [0.2, 0.25) is 0 Å². The molecule has 0 radical (unpaired) electrons. The standard InChI is InChI=1S/C6H13NO5S/c1-13(11,12)4-6(10)7-2-5(9)3-8/h5,8-9H,2-4H2,1H3,(H,7,10). The molecule has 3 N–H and O–H groups in total. The lowest BCUT2D eigenvalue weighted by atomic mass is 10.4. The van der Waals surface area contributed by atoms with Crippen molar-refractivity contribution in [2.24, 2.45) is 0 Å². The molecule has 0 saturated heterocycles. The number of rotatable bonds is 5. The molecule has 6 nitrogen and oxygen atoms in total. The average Bonchev–Trinajstić information content (AvgIpc) is 1.97. The third kappa shape index (κ3) is 7.69. The second-order valence-corrected chi connectivity index (χ2v) is 4.85. The van der Waals surface area contributed by atoms with E-state index in [1.165, 1.54) is 0 Å². The molecule has 0 aromatic heterocycles. The van der Waals surface area contributed by atoms with Crippen molar-refractivity contribution in [2.45, 2.75) is 6.10 Å². The minimum Gasteiger partial charge on any atom is -0.394 e. The maximum atomic E-state index is 10.8. The summed E-state index contributed by atoms with van der Waals surface area (Å²) in [6.07, 6.45) is -0.113. The number of hydrogen-bond acceptors (Lipinski definition) is 5. The first kappa shape index (κ1) is 12.3. The number of aliphatic hydroxyl groups is 2. The van der Waals surface area contributed by atoms with Gasteiger partial charge in [-0.2, -0.15) is 0 Å². The van der Waals surface area contributed by atoms with Crippen molar-refractivity contribution in [1.29, 1.82) is 0 Å². The van der Waals surface area contributed by atoms with E-state index in [2.05, 4.69) is 5.32 Å². The van der Waals surface area contributed by atoms with Gasteiger partial charge in [-0.05, 0) is 0 Å². The molecule has 0 spiro atoms. The Balaban J connectivity index is 3.77. The van der Waals surface area contributed by atoms with Crippen LogP contribution in [0, 0.1) is 0 Å². The monoisotopic (exact) mass is 211 g/mol. The molecule has 0 aliphatic rings. The molecule has 0 heterocycles. The van der Waals surface area contributed by atoms with Crippen molar-refractivity contribution in [3.63, 3.8) is 0 Å². The fourth-order valence-electron chi connectivity index (χ4n) is 0.585. The molecule has 1 unspecified atom stereocenters. The second-order valence-electron chi connectivity index (χ2n) is 2.71. The number of carbonyl (C=O) groups is 1. The average molecular weight is 211 g/mol. The van der Waals surface area contributed by atoms with Gasteiger partial charge in [-0.1, -0.05) is 0 Å². The highest BCUT2D eigenvalue weighted by Gasteiger charge is 2.11. The summed E-state index contributed by atoms with van der Waals surface area (Å²) in [5.74, 6) is -1.29. The van der Waals surface area contributed by atoms with E-state index >= 15 is 0 Å². The van der Waals surface area contributed by atoms with Gasteiger partial charge in [0.2, 0.25) is 5.91 Å². The van der Waals surface area contributed by atoms with Crippen molar-refractivity contribution < 1.29 is 23.4 Å². The van der Waals surface area contributed by atoms with E-state index in [9.17, 15) is 13.2 Å². The second kappa shape index (κ2) is 5.15. The summed E-state index contributed by atoms with van der Waals surface area (Å²) in [6.45, 7) is -0.621. The van der Waals surface area contributed by atoms with E-state index < -0.39 is 34.2 Å². The summed E-state index contributed by atoms with van der Waals surface area (Å²) in [6, 6.07) is 0. The molecule has 0 aromatic carbocycles. The summed E-state index contributed by atoms with van der Waals surface area (Å²) < 4.78 is 21.2. The van der Waals surface area contributed by atoms with Crippen LogP contribution in [0.3, 0.4) is 0 Å². The van der Waals surface area contributed by atoms with Crippen LogP contribution in [0.5, 0.6) is 0 Å². The predicted molar refractivity (Wildman–Crippen MR) is 45.8 cm³/mol. The number of sulfone groups is 1. The van der Waals surface area contributed by atoms with Crippen LogP contribution >= 0.6 is 0 Å². The van der Waals surface area contributed by atoms with E-state index in [4.69, 9.17) is 10.2 Å². The quantitative estimate of drug-likeness (QED) is 0.466. The Bertz CT molecular complexity index is 260. The van der Waals surface area contributed by atoms with E-state index in [0.29, 0.717) is 0 Å². The van der Waals surface area contributed by atoms with Gasteiger partial charge < -0.3 is 15.5 Å². The highest BCUT2D eigenvalue weighted by molar-refractivity contribution is 7.91. The first-order valence-electron chi connectivity index (χ1n) is 3.58. The van der Waals surface area contributed by atoms with Crippen molar-refractivity contribution in [1.82, 2.24) is 5.32 Å². The van der Waals surface area contributed by atoms with Crippen LogP contribution in [-0.4, -0.2) is 55.8 Å². The zero-order chi connectivity index (χ0) is 10.5. The fourth-order valence-corrected chi connectivity index (χ4v) is 1.16. The van der Waals surface area contributed by atoms with Gasteiger partial charge >= 0.3 is 0 Å². The molecule has 0 bridgehead atoms. The lowest BCUT2D eigenvalue weighted by Gasteiger charge is -2.07. The lowest BCUT2D eigenvalue weighted by molar-refractivity contribution is -0.119. The highest BCUT2D eigenvalue weighted by Crippen LogP contribution is 1.83. The summed E-state index contributed by atoms with van der Waals surface area (Å²) in [4.78, 5) is 10.8. The topological polar surface area (TPSA) is 104 Å². The minimum atomic E-state index is -3.33. The van der Waals surface area contributed by atoms with Crippen molar-refractivity contribution in [3.8, 4) is 0 Å². The SMILES string of the molecule is CS(=O)(=O)CC(=O)NCC(O)CO. The molecule has 78 valence electrons. The molecule has 0 aromatic rings. The van der Waals surface area contributed by atoms with E-state index in [1.807, 2.05) is 0 Å². The van der Waals surface area contributed by atoms with Crippen LogP contribution in [-0.2, 0) is 14.6 Å². The minimum absolute atomic E-state index is 0.148.